The smallest absolute Gasteiger partial charge is 0.321 e. The minimum atomic E-state index is -0.0615. The first kappa shape index (κ1) is 18.9. The first-order valence-electron chi connectivity index (χ1n) is 9.89. The van der Waals surface area contributed by atoms with Gasteiger partial charge in [-0.25, -0.2) is 4.79 Å². The summed E-state index contributed by atoms with van der Waals surface area (Å²) < 4.78 is 10.9. The largest absolute Gasteiger partial charge is 0.421 e. The van der Waals surface area contributed by atoms with Crippen molar-refractivity contribution in [1.29, 1.82) is 0 Å². The van der Waals surface area contributed by atoms with Gasteiger partial charge in [0.2, 0.25) is 11.8 Å². The molecular weight excluding hydrogens is 358 g/mol. The lowest BCUT2D eigenvalue weighted by atomic mass is 10.1. The molecule has 2 fully saturated rings. The van der Waals surface area contributed by atoms with Crippen LogP contribution in [0.3, 0.4) is 0 Å². The Morgan fingerprint density at radius 2 is 1.86 bits per heavy atom. The Balaban J connectivity index is 1.37. The summed E-state index contributed by atoms with van der Waals surface area (Å²) in [5.41, 5.74) is 2.56. The van der Waals surface area contributed by atoms with Gasteiger partial charge in [0.15, 0.2) is 0 Å². The summed E-state index contributed by atoms with van der Waals surface area (Å²) in [7, 11) is 0. The van der Waals surface area contributed by atoms with Gasteiger partial charge in [0.1, 0.15) is 0 Å². The Labute approximate surface area is 164 Å². The van der Waals surface area contributed by atoms with Gasteiger partial charge < -0.3 is 19.4 Å². The molecule has 150 valence electrons. The molecule has 2 aliphatic heterocycles. The number of amides is 2. The molecule has 0 bridgehead atoms. The van der Waals surface area contributed by atoms with Crippen molar-refractivity contribution in [3.8, 4) is 11.5 Å². The maximum atomic E-state index is 12.8. The van der Waals surface area contributed by atoms with E-state index in [4.69, 9.17) is 9.15 Å². The Morgan fingerprint density at radius 3 is 2.54 bits per heavy atom. The molecular formula is C20H27N5O3. The summed E-state index contributed by atoms with van der Waals surface area (Å²) in [6, 6.07) is 6.29. The second-order valence-electron chi connectivity index (χ2n) is 7.45. The van der Waals surface area contributed by atoms with E-state index in [0.717, 1.165) is 69.0 Å². The van der Waals surface area contributed by atoms with Crippen LogP contribution in [0.1, 0.15) is 24.3 Å². The number of nitrogens with zero attached hydrogens (tertiary/aromatic N) is 4. The van der Waals surface area contributed by atoms with E-state index in [-0.39, 0.29) is 6.03 Å². The fraction of sp³-hybridized carbons (Fsp3) is 0.550. The van der Waals surface area contributed by atoms with Crippen LogP contribution in [0.5, 0.6) is 0 Å². The van der Waals surface area contributed by atoms with Crippen LogP contribution in [0, 0.1) is 13.8 Å². The van der Waals surface area contributed by atoms with Crippen molar-refractivity contribution in [1.82, 2.24) is 20.0 Å². The molecule has 2 aliphatic rings. The van der Waals surface area contributed by atoms with Gasteiger partial charge in [-0.3, -0.25) is 4.90 Å². The molecule has 2 amide bonds. The van der Waals surface area contributed by atoms with Gasteiger partial charge in [-0.05, 0) is 37.5 Å². The number of urea groups is 1. The zero-order chi connectivity index (χ0) is 19.5. The summed E-state index contributed by atoms with van der Waals surface area (Å²) in [5, 5.41) is 11.0. The first-order valence-corrected chi connectivity index (χ1v) is 9.89. The van der Waals surface area contributed by atoms with Crippen LogP contribution in [0.2, 0.25) is 0 Å². The fourth-order valence-electron chi connectivity index (χ4n) is 3.84. The molecule has 8 heteroatoms. The molecule has 1 aromatic carbocycles. The van der Waals surface area contributed by atoms with Crippen LogP contribution in [-0.2, 0) is 4.74 Å². The van der Waals surface area contributed by atoms with Crippen LogP contribution >= 0.6 is 0 Å². The number of hydrogen-bond acceptors (Lipinski definition) is 6. The SMILES string of the molecule is Cc1nnc(-c2ccc(C)c(NC(=O)N3CCN(C4CCOCC4)CC3)c2)o1. The van der Waals surface area contributed by atoms with Gasteiger partial charge in [-0.15, -0.1) is 10.2 Å². The van der Waals surface area contributed by atoms with Crippen LogP contribution in [0.4, 0.5) is 10.5 Å². The van der Waals surface area contributed by atoms with Crippen molar-refractivity contribution in [3.05, 3.63) is 29.7 Å². The molecule has 1 aromatic heterocycles. The Morgan fingerprint density at radius 1 is 1.11 bits per heavy atom. The number of piperazine rings is 1. The van der Waals surface area contributed by atoms with Crippen LogP contribution in [-0.4, -0.2) is 71.5 Å². The van der Waals surface area contributed by atoms with E-state index in [1.165, 1.54) is 0 Å². The average Bonchev–Trinajstić information content (AvgIpc) is 3.17. The summed E-state index contributed by atoms with van der Waals surface area (Å²) in [4.78, 5) is 17.2. The number of benzene rings is 1. The summed E-state index contributed by atoms with van der Waals surface area (Å²) in [5.74, 6) is 0.974. The maximum absolute atomic E-state index is 12.8. The minimum absolute atomic E-state index is 0.0615. The van der Waals surface area contributed by atoms with E-state index in [1.54, 1.807) is 6.92 Å². The Hall–Kier alpha value is -2.45. The van der Waals surface area contributed by atoms with Crippen LogP contribution < -0.4 is 5.32 Å². The highest BCUT2D eigenvalue weighted by atomic mass is 16.5. The molecule has 8 nitrogen and oxygen atoms in total. The number of aromatic nitrogens is 2. The Bertz CT molecular complexity index is 823. The molecule has 0 aliphatic carbocycles. The third kappa shape index (κ3) is 4.18. The molecule has 28 heavy (non-hydrogen) atoms. The van der Waals surface area contributed by atoms with E-state index >= 15 is 0 Å². The minimum Gasteiger partial charge on any atom is -0.421 e. The Kier molecular flexibility index (Phi) is 5.59. The van der Waals surface area contributed by atoms with Crippen molar-refractivity contribution in [3.63, 3.8) is 0 Å². The van der Waals surface area contributed by atoms with Crippen LogP contribution in [0.15, 0.2) is 22.6 Å². The number of carbonyl (C=O) groups is 1. The van der Waals surface area contributed by atoms with Gasteiger partial charge in [0.25, 0.3) is 0 Å². The second kappa shape index (κ2) is 8.28. The van der Waals surface area contributed by atoms with Gasteiger partial charge >= 0.3 is 6.03 Å². The summed E-state index contributed by atoms with van der Waals surface area (Å²) in [6.07, 6.45) is 2.18. The van der Waals surface area contributed by atoms with E-state index in [9.17, 15) is 4.79 Å². The molecule has 0 radical (unpaired) electrons. The van der Waals surface area contributed by atoms with E-state index < -0.39 is 0 Å². The number of ether oxygens (including phenoxy) is 1. The molecule has 0 spiro atoms. The lowest BCUT2D eigenvalue weighted by molar-refractivity contribution is 0.0194. The molecule has 0 unspecified atom stereocenters. The molecule has 4 rings (SSSR count). The van der Waals surface area contributed by atoms with Crippen LogP contribution in [0.25, 0.3) is 11.5 Å². The lowest BCUT2D eigenvalue weighted by Crippen LogP contribution is -2.53. The molecule has 1 N–H and O–H groups in total. The molecule has 2 aromatic rings. The standard InChI is InChI=1S/C20H27N5O3/c1-14-3-4-16(19-23-22-15(2)28-19)13-18(14)21-20(26)25-9-7-24(8-10-25)17-5-11-27-12-6-17/h3-4,13,17H,5-12H2,1-2H3,(H,21,26). The van der Waals surface area contributed by atoms with Gasteiger partial charge in [0, 0.05) is 63.6 Å². The van der Waals surface area contributed by atoms with Gasteiger partial charge in [-0.2, -0.15) is 0 Å². The molecule has 3 heterocycles. The fourth-order valence-corrected chi connectivity index (χ4v) is 3.84. The van der Waals surface area contributed by atoms with Crippen molar-refractivity contribution in [2.75, 3.05) is 44.7 Å². The quantitative estimate of drug-likeness (QED) is 0.875. The number of hydrogen-bond donors (Lipinski definition) is 1. The normalized spacial score (nSPS) is 19.0. The molecule has 2 saturated heterocycles. The van der Waals surface area contributed by atoms with Gasteiger partial charge in [0.05, 0.1) is 0 Å². The second-order valence-corrected chi connectivity index (χ2v) is 7.45. The maximum Gasteiger partial charge on any atom is 0.321 e. The number of rotatable bonds is 3. The monoisotopic (exact) mass is 385 g/mol. The molecule has 0 atom stereocenters. The third-order valence-corrected chi connectivity index (χ3v) is 5.56. The van der Waals surface area contributed by atoms with Crippen molar-refractivity contribution in [2.45, 2.75) is 32.7 Å². The number of carbonyl (C=O) groups excluding carboxylic acids is 1. The van der Waals surface area contributed by atoms with E-state index in [1.807, 2.05) is 30.0 Å². The van der Waals surface area contributed by atoms with E-state index in [2.05, 4.69) is 20.4 Å². The predicted octanol–water partition coefficient (Wildman–Crippen LogP) is 2.68. The lowest BCUT2D eigenvalue weighted by Gasteiger charge is -2.40. The summed E-state index contributed by atoms with van der Waals surface area (Å²) >= 11 is 0. The number of aryl methyl sites for hydroxylation is 2. The molecule has 0 saturated carbocycles. The van der Waals surface area contributed by atoms with E-state index in [0.29, 0.717) is 17.8 Å². The van der Waals surface area contributed by atoms with Crippen molar-refractivity contribution < 1.29 is 13.9 Å². The van der Waals surface area contributed by atoms with Crippen molar-refractivity contribution >= 4 is 11.7 Å². The van der Waals surface area contributed by atoms with Crippen molar-refractivity contribution in [2.24, 2.45) is 0 Å². The number of nitrogens with one attached hydrogen (secondary N) is 1. The summed E-state index contributed by atoms with van der Waals surface area (Å²) in [6.45, 7) is 8.74. The average molecular weight is 385 g/mol. The highest BCUT2D eigenvalue weighted by molar-refractivity contribution is 5.91. The zero-order valence-electron chi connectivity index (χ0n) is 16.5. The number of anilines is 1. The highest BCUT2D eigenvalue weighted by Crippen LogP contribution is 2.25. The topological polar surface area (TPSA) is 83.7 Å². The predicted molar refractivity (Wildman–Crippen MR) is 105 cm³/mol. The first-order chi connectivity index (χ1) is 13.6. The zero-order valence-corrected chi connectivity index (χ0v) is 16.5. The third-order valence-electron chi connectivity index (χ3n) is 5.56. The highest BCUT2D eigenvalue weighted by Gasteiger charge is 2.27. The van der Waals surface area contributed by atoms with Gasteiger partial charge in [-0.1, -0.05) is 6.07 Å².